The highest BCUT2D eigenvalue weighted by atomic mass is 79.9. The Kier molecular flexibility index (Phi) is 3.75. The summed E-state index contributed by atoms with van der Waals surface area (Å²) in [5.41, 5.74) is 0.893. The van der Waals surface area contributed by atoms with Crippen molar-refractivity contribution >= 4 is 48.7 Å². The van der Waals surface area contributed by atoms with Crippen LogP contribution in [0.4, 0.5) is 0 Å². The van der Waals surface area contributed by atoms with E-state index in [1.165, 1.54) is 0 Å². The fraction of sp³-hybridized carbons (Fsp3) is 0.125. The van der Waals surface area contributed by atoms with Crippen molar-refractivity contribution in [2.75, 3.05) is 0 Å². The molecule has 0 aromatic heterocycles. The van der Waals surface area contributed by atoms with Crippen molar-refractivity contribution in [3.8, 4) is 0 Å². The van der Waals surface area contributed by atoms with E-state index in [-0.39, 0.29) is 11.7 Å². The van der Waals surface area contributed by atoms with Crippen LogP contribution >= 0.6 is 43.5 Å². The first kappa shape index (κ1) is 10.2. The van der Waals surface area contributed by atoms with E-state index in [4.69, 9.17) is 11.6 Å². The van der Waals surface area contributed by atoms with Gasteiger partial charge in [-0.25, -0.2) is 0 Å². The second-order valence-corrected chi connectivity index (χ2v) is 4.46. The molecule has 0 bridgehead atoms. The second kappa shape index (κ2) is 4.40. The van der Waals surface area contributed by atoms with Gasteiger partial charge in [0, 0.05) is 15.4 Å². The van der Waals surface area contributed by atoms with E-state index >= 15 is 0 Å². The quantitative estimate of drug-likeness (QED) is 0.764. The van der Waals surface area contributed by atoms with Crippen LogP contribution in [0.5, 0.6) is 0 Å². The standard InChI is InChI=1S/C8H5Br2ClO/c9-6-1-2-7(10)5(3-6)4-8(11)12/h1-3H,4H2. The molecular weight excluding hydrogens is 307 g/mol. The SMILES string of the molecule is O=C(Cl)Cc1cc(Br)ccc1Br. The van der Waals surface area contributed by atoms with Crippen molar-refractivity contribution < 1.29 is 4.79 Å². The average molecular weight is 312 g/mol. The average Bonchev–Trinajstić information content (AvgIpc) is 1.96. The molecule has 0 saturated carbocycles. The van der Waals surface area contributed by atoms with Crippen molar-refractivity contribution in [2.45, 2.75) is 6.42 Å². The van der Waals surface area contributed by atoms with Gasteiger partial charge in [-0.2, -0.15) is 0 Å². The zero-order valence-electron chi connectivity index (χ0n) is 5.98. The van der Waals surface area contributed by atoms with Crippen LogP contribution in [0.1, 0.15) is 5.56 Å². The zero-order chi connectivity index (χ0) is 9.14. The van der Waals surface area contributed by atoms with Gasteiger partial charge < -0.3 is 0 Å². The van der Waals surface area contributed by atoms with Crippen LogP contribution in [0.25, 0.3) is 0 Å². The minimum atomic E-state index is -0.353. The van der Waals surface area contributed by atoms with E-state index in [0.29, 0.717) is 0 Å². The molecular formula is C8H5Br2ClO. The molecule has 1 aromatic carbocycles. The van der Waals surface area contributed by atoms with E-state index in [0.717, 1.165) is 14.5 Å². The Labute approximate surface area is 92.4 Å². The minimum Gasteiger partial charge on any atom is -0.281 e. The molecule has 0 amide bonds. The van der Waals surface area contributed by atoms with Gasteiger partial charge in [0.15, 0.2) is 0 Å². The summed E-state index contributed by atoms with van der Waals surface area (Å²) in [7, 11) is 0. The Morgan fingerprint density at radius 2 is 2.08 bits per heavy atom. The summed E-state index contributed by atoms with van der Waals surface area (Å²) >= 11 is 11.9. The number of benzene rings is 1. The molecule has 0 atom stereocenters. The molecule has 0 aliphatic rings. The van der Waals surface area contributed by atoms with Gasteiger partial charge in [-0.3, -0.25) is 4.79 Å². The highest BCUT2D eigenvalue weighted by Crippen LogP contribution is 2.22. The predicted molar refractivity (Wildman–Crippen MR) is 56.4 cm³/mol. The van der Waals surface area contributed by atoms with Crippen molar-refractivity contribution in [1.29, 1.82) is 0 Å². The van der Waals surface area contributed by atoms with E-state index in [2.05, 4.69) is 31.9 Å². The number of rotatable bonds is 2. The number of hydrogen-bond donors (Lipinski definition) is 0. The summed E-state index contributed by atoms with van der Waals surface area (Å²) in [5.74, 6) is 0. The topological polar surface area (TPSA) is 17.1 Å². The van der Waals surface area contributed by atoms with E-state index < -0.39 is 0 Å². The summed E-state index contributed by atoms with van der Waals surface area (Å²) < 4.78 is 1.85. The molecule has 1 nitrogen and oxygen atoms in total. The largest absolute Gasteiger partial charge is 0.281 e. The van der Waals surface area contributed by atoms with Gasteiger partial charge in [0.25, 0.3) is 0 Å². The van der Waals surface area contributed by atoms with Gasteiger partial charge in [0.05, 0.1) is 0 Å². The Hall–Kier alpha value is 0.140. The molecule has 0 aliphatic carbocycles. The molecule has 1 rings (SSSR count). The molecule has 12 heavy (non-hydrogen) atoms. The second-order valence-electron chi connectivity index (χ2n) is 2.27. The van der Waals surface area contributed by atoms with Gasteiger partial charge in [-0.15, -0.1) is 0 Å². The summed E-state index contributed by atoms with van der Waals surface area (Å²) in [6, 6.07) is 5.63. The van der Waals surface area contributed by atoms with Crippen LogP contribution in [0.2, 0.25) is 0 Å². The van der Waals surface area contributed by atoms with Crippen LogP contribution in [0.3, 0.4) is 0 Å². The number of carbonyl (C=O) groups excluding carboxylic acids is 1. The zero-order valence-corrected chi connectivity index (χ0v) is 9.91. The Morgan fingerprint density at radius 1 is 1.42 bits per heavy atom. The maximum Gasteiger partial charge on any atom is 0.226 e. The first-order valence-corrected chi connectivity index (χ1v) is 5.18. The summed E-state index contributed by atoms with van der Waals surface area (Å²) in [5, 5.41) is -0.353. The lowest BCUT2D eigenvalue weighted by molar-refractivity contribution is -0.111. The summed E-state index contributed by atoms with van der Waals surface area (Å²) in [6.07, 6.45) is 0.252. The van der Waals surface area contributed by atoms with Crippen LogP contribution < -0.4 is 0 Å². The highest BCUT2D eigenvalue weighted by Gasteiger charge is 2.04. The third-order valence-corrected chi connectivity index (χ3v) is 2.74. The Morgan fingerprint density at radius 3 is 2.67 bits per heavy atom. The number of carbonyl (C=O) groups is 1. The summed E-state index contributed by atoms with van der Waals surface area (Å²) in [4.78, 5) is 10.6. The minimum absolute atomic E-state index is 0.252. The molecule has 64 valence electrons. The lowest BCUT2D eigenvalue weighted by Crippen LogP contribution is -1.94. The molecule has 1 aromatic rings. The molecule has 0 fully saturated rings. The number of hydrogen-bond acceptors (Lipinski definition) is 1. The van der Waals surface area contributed by atoms with E-state index in [1.807, 2.05) is 18.2 Å². The first-order chi connectivity index (χ1) is 5.59. The van der Waals surface area contributed by atoms with E-state index in [9.17, 15) is 4.79 Å². The molecule has 0 aliphatic heterocycles. The third kappa shape index (κ3) is 2.88. The normalized spacial score (nSPS) is 9.92. The third-order valence-electron chi connectivity index (χ3n) is 1.34. The van der Waals surface area contributed by atoms with Gasteiger partial charge in [0.2, 0.25) is 5.24 Å². The van der Waals surface area contributed by atoms with Crippen LogP contribution in [0.15, 0.2) is 27.1 Å². The van der Waals surface area contributed by atoms with Crippen LogP contribution in [0, 0.1) is 0 Å². The molecule has 0 N–H and O–H groups in total. The lowest BCUT2D eigenvalue weighted by Gasteiger charge is -2.00. The molecule has 0 spiro atoms. The molecule has 0 unspecified atom stereocenters. The molecule has 0 heterocycles. The Balaban J connectivity index is 2.97. The molecule has 0 radical (unpaired) electrons. The maximum absolute atomic E-state index is 10.6. The van der Waals surface area contributed by atoms with Gasteiger partial charge in [-0.1, -0.05) is 31.9 Å². The van der Waals surface area contributed by atoms with Crippen molar-refractivity contribution in [2.24, 2.45) is 0 Å². The number of halogens is 3. The fourth-order valence-corrected chi connectivity index (χ4v) is 1.77. The molecule has 0 saturated heterocycles. The Bertz CT molecular complexity index is 312. The predicted octanol–water partition coefficient (Wildman–Crippen LogP) is 3.52. The lowest BCUT2D eigenvalue weighted by atomic mass is 10.2. The maximum atomic E-state index is 10.6. The highest BCUT2D eigenvalue weighted by molar-refractivity contribution is 9.11. The van der Waals surface area contributed by atoms with Crippen LogP contribution in [-0.2, 0) is 11.2 Å². The first-order valence-electron chi connectivity index (χ1n) is 3.22. The van der Waals surface area contributed by atoms with Crippen molar-refractivity contribution in [3.63, 3.8) is 0 Å². The van der Waals surface area contributed by atoms with Crippen molar-refractivity contribution in [1.82, 2.24) is 0 Å². The summed E-state index contributed by atoms with van der Waals surface area (Å²) in [6.45, 7) is 0. The van der Waals surface area contributed by atoms with Crippen molar-refractivity contribution in [3.05, 3.63) is 32.7 Å². The molecule has 4 heteroatoms. The van der Waals surface area contributed by atoms with E-state index in [1.54, 1.807) is 0 Å². The van der Waals surface area contributed by atoms with Gasteiger partial charge in [-0.05, 0) is 35.4 Å². The van der Waals surface area contributed by atoms with Crippen LogP contribution in [-0.4, -0.2) is 5.24 Å². The van der Waals surface area contributed by atoms with Gasteiger partial charge in [0.1, 0.15) is 0 Å². The monoisotopic (exact) mass is 310 g/mol. The smallest absolute Gasteiger partial charge is 0.226 e. The van der Waals surface area contributed by atoms with Gasteiger partial charge >= 0.3 is 0 Å². The fourth-order valence-electron chi connectivity index (χ4n) is 0.829.